The fourth-order valence-electron chi connectivity index (χ4n) is 2.07. The lowest BCUT2D eigenvalue weighted by Gasteiger charge is -2.09. The Morgan fingerprint density at radius 1 is 1.12 bits per heavy atom. The average Bonchev–Trinajstić information content (AvgIpc) is 3.13. The van der Waals surface area contributed by atoms with Gasteiger partial charge in [-0.3, -0.25) is 0 Å². The number of aromatic nitrogens is 2. The van der Waals surface area contributed by atoms with Gasteiger partial charge in [-0.1, -0.05) is 18.2 Å². The van der Waals surface area contributed by atoms with Gasteiger partial charge in [-0.05, 0) is 29.1 Å². The molecule has 0 saturated heterocycles. The zero-order valence-electron chi connectivity index (χ0n) is 13.3. The first kappa shape index (κ1) is 18.1. The molecule has 0 saturated carbocycles. The third-order valence-corrected chi connectivity index (χ3v) is 4.26. The fraction of sp³-hybridized carbons (Fsp3) is 0.176. The zero-order valence-corrected chi connectivity index (χ0v) is 14.1. The van der Waals surface area contributed by atoms with Crippen LogP contribution in [-0.4, -0.2) is 9.97 Å². The molecule has 2 heterocycles. The van der Waals surface area contributed by atoms with E-state index < -0.39 is 17.6 Å². The predicted molar refractivity (Wildman–Crippen MR) is 89.4 cm³/mol. The number of benzene rings is 1. The summed E-state index contributed by atoms with van der Waals surface area (Å²) in [6.45, 7) is 0.373. The number of thiophene rings is 1. The molecule has 3 rings (SSSR count). The van der Waals surface area contributed by atoms with Crippen LogP contribution in [0, 0.1) is 5.82 Å². The van der Waals surface area contributed by atoms with Crippen molar-refractivity contribution in [1.29, 1.82) is 0 Å². The molecule has 0 fully saturated rings. The Morgan fingerprint density at radius 2 is 1.88 bits per heavy atom. The first-order valence-corrected chi connectivity index (χ1v) is 8.37. The van der Waals surface area contributed by atoms with Gasteiger partial charge in [0.25, 0.3) is 0 Å². The van der Waals surface area contributed by atoms with Crippen molar-refractivity contribution < 1.29 is 22.3 Å². The summed E-state index contributed by atoms with van der Waals surface area (Å²) in [5.74, 6) is -0.626. The second kappa shape index (κ2) is 7.69. The number of nitrogens with one attached hydrogen (secondary N) is 1. The number of ether oxygens (including phenoxy) is 1. The standard InChI is InChI=1S/C17H13F4N3OS/c18-14-9-23-16(24-15(14)22-8-13-2-1-7-26-13)25-10-11-3-5-12(6-4-11)17(19,20)21/h1-7,9H,8,10H2,(H,22,23,24). The number of hydrogen-bond acceptors (Lipinski definition) is 5. The summed E-state index contributed by atoms with van der Waals surface area (Å²) >= 11 is 1.52. The Labute approximate surface area is 150 Å². The van der Waals surface area contributed by atoms with Gasteiger partial charge in [0.05, 0.1) is 18.3 Å². The van der Waals surface area contributed by atoms with Crippen LogP contribution in [0.1, 0.15) is 16.0 Å². The first-order valence-electron chi connectivity index (χ1n) is 7.49. The SMILES string of the molecule is Fc1cnc(OCc2ccc(C(F)(F)F)cc2)nc1NCc1cccs1. The van der Waals surface area contributed by atoms with Gasteiger partial charge in [0.15, 0.2) is 11.6 Å². The lowest BCUT2D eigenvalue weighted by molar-refractivity contribution is -0.137. The number of anilines is 1. The summed E-state index contributed by atoms with van der Waals surface area (Å²) in [4.78, 5) is 8.69. The molecule has 136 valence electrons. The molecule has 0 bridgehead atoms. The molecule has 1 N–H and O–H groups in total. The van der Waals surface area contributed by atoms with E-state index in [-0.39, 0.29) is 18.4 Å². The summed E-state index contributed by atoms with van der Waals surface area (Å²) < 4.78 is 56.7. The van der Waals surface area contributed by atoms with E-state index in [9.17, 15) is 17.6 Å². The Morgan fingerprint density at radius 3 is 2.54 bits per heavy atom. The van der Waals surface area contributed by atoms with Gasteiger partial charge in [-0.25, -0.2) is 9.37 Å². The van der Waals surface area contributed by atoms with Crippen LogP contribution in [0.15, 0.2) is 48.0 Å². The lowest BCUT2D eigenvalue weighted by atomic mass is 10.1. The van der Waals surface area contributed by atoms with E-state index in [1.54, 1.807) is 0 Å². The largest absolute Gasteiger partial charge is 0.459 e. The summed E-state index contributed by atoms with van der Waals surface area (Å²) in [7, 11) is 0. The van der Waals surface area contributed by atoms with Crippen LogP contribution in [0.4, 0.5) is 23.4 Å². The maximum absolute atomic E-state index is 13.8. The molecule has 1 aromatic carbocycles. The number of nitrogens with zero attached hydrogens (tertiary/aromatic N) is 2. The Balaban J connectivity index is 1.62. The van der Waals surface area contributed by atoms with Crippen molar-refractivity contribution in [3.05, 3.63) is 69.8 Å². The first-order chi connectivity index (χ1) is 12.4. The highest BCUT2D eigenvalue weighted by Crippen LogP contribution is 2.29. The summed E-state index contributed by atoms with van der Waals surface area (Å²) in [5, 5.41) is 4.77. The van der Waals surface area contributed by atoms with E-state index >= 15 is 0 Å². The molecule has 3 aromatic rings. The number of hydrogen-bond donors (Lipinski definition) is 1. The minimum absolute atomic E-state index is 0.00387. The fourth-order valence-corrected chi connectivity index (χ4v) is 2.71. The van der Waals surface area contributed by atoms with Crippen LogP contribution in [0.3, 0.4) is 0 Å². The quantitative estimate of drug-likeness (QED) is 0.616. The van der Waals surface area contributed by atoms with Gasteiger partial charge < -0.3 is 10.1 Å². The van der Waals surface area contributed by atoms with Gasteiger partial charge in [-0.2, -0.15) is 18.2 Å². The Bertz CT molecular complexity index is 851. The van der Waals surface area contributed by atoms with Crippen LogP contribution >= 0.6 is 11.3 Å². The molecule has 0 aliphatic carbocycles. The maximum Gasteiger partial charge on any atom is 0.416 e. The van der Waals surface area contributed by atoms with E-state index in [0.717, 1.165) is 23.2 Å². The summed E-state index contributed by atoms with van der Waals surface area (Å²) in [6, 6.07) is 8.27. The maximum atomic E-state index is 13.8. The van der Waals surface area contributed by atoms with Crippen molar-refractivity contribution in [2.75, 3.05) is 5.32 Å². The molecule has 4 nitrogen and oxygen atoms in total. The van der Waals surface area contributed by atoms with E-state index in [0.29, 0.717) is 12.1 Å². The van der Waals surface area contributed by atoms with Crippen molar-refractivity contribution >= 4 is 17.2 Å². The lowest BCUT2D eigenvalue weighted by Crippen LogP contribution is -2.07. The Hall–Kier alpha value is -2.68. The molecule has 0 atom stereocenters. The van der Waals surface area contributed by atoms with Crippen molar-refractivity contribution in [1.82, 2.24) is 9.97 Å². The third-order valence-electron chi connectivity index (χ3n) is 3.38. The second-order valence-corrected chi connectivity index (χ2v) is 6.30. The van der Waals surface area contributed by atoms with Gasteiger partial charge in [0, 0.05) is 4.88 Å². The molecule has 0 aliphatic heterocycles. The number of rotatable bonds is 6. The molecule has 26 heavy (non-hydrogen) atoms. The van der Waals surface area contributed by atoms with Gasteiger partial charge in [0.1, 0.15) is 6.61 Å². The van der Waals surface area contributed by atoms with Crippen LogP contribution in [0.5, 0.6) is 6.01 Å². The average molecular weight is 383 g/mol. The molecule has 0 amide bonds. The molecular formula is C17H13F4N3OS. The van der Waals surface area contributed by atoms with Crippen LogP contribution < -0.4 is 10.1 Å². The smallest absolute Gasteiger partial charge is 0.416 e. The second-order valence-electron chi connectivity index (χ2n) is 5.27. The molecule has 0 unspecified atom stereocenters. The number of alkyl halides is 3. The molecule has 0 aliphatic rings. The molecule has 9 heteroatoms. The minimum Gasteiger partial charge on any atom is -0.459 e. The topological polar surface area (TPSA) is 47.0 Å². The van der Waals surface area contributed by atoms with Gasteiger partial charge in [0.2, 0.25) is 0 Å². The molecule has 0 spiro atoms. The highest BCUT2D eigenvalue weighted by atomic mass is 32.1. The highest BCUT2D eigenvalue weighted by Gasteiger charge is 2.29. The van der Waals surface area contributed by atoms with E-state index in [1.807, 2.05) is 17.5 Å². The molecule has 2 aromatic heterocycles. The van der Waals surface area contributed by atoms with Crippen molar-refractivity contribution in [2.45, 2.75) is 19.3 Å². The van der Waals surface area contributed by atoms with Crippen LogP contribution in [-0.2, 0) is 19.3 Å². The van der Waals surface area contributed by atoms with E-state index in [1.165, 1.54) is 23.5 Å². The minimum atomic E-state index is -4.39. The van der Waals surface area contributed by atoms with Crippen molar-refractivity contribution in [3.8, 4) is 6.01 Å². The zero-order chi connectivity index (χ0) is 18.6. The van der Waals surface area contributed by atoms with E-state index in [4.69, 9.17) is 4.74 Å². The molecular weight excluding hydrogens is 370 g/mol. The molecule has 0 radical (unpaired) electrons. The summed E-state index contributed by atoms with van der Waals surface area (Å²) in [6.07, 6.45) is -3.41. The third kappa shape index (κ3) is 4.69. The highest BCUT2D eigenvalue weighted by molar-refractivity contribution is 7.09. The summed E-state index contributed by atoms with van der Waals surface area (Å²) in [5.41, 5.74) is -0.224. The Kier molecular flexibility index (Phi) is 5.36. The van der Waals surface area contributed by atoms with Crippen LogP contribution in [0.25, 0.3) is 0 Å². The normalized spacial score (nSPS) is 11.4. The number of halogens is 4. The van der Waals surface area contributed by atoms with Crippen molar-refractivity contribution in [3.63, 3.8) is 0 Å². The predicted octanol–water partition coefficient (Wildman–Crippen LogP) is 4.89. The van der Waals surface area contributed by atoms with Gasteiger partial charge >= 0.3 is 12.2 Å². The van der Waals surface area contributed by atoms with Crippen molar-refractivity contribution in [2.24, 2.45) is 0 Å². The monoisotopic (exact) mass is 383 g/mol. The van der Waals surface area contributed by atoms with Crippen LogP contribution in [0.2, 0.25) is 0 Å². The van der Waals surface area contributed by atoms with Gasteiger partial charge in [-0.15, -0.1) is 11.3 Å². The van der Waals surface area contributed by atoms with E-state index in [2.05, 4.69) is 15.3 Å².